The number of amides is 1. The zero-order chi connectivity index (χ0) is 16.9. The van der Waals surface area contributed by atoms with Crippen molar-refractivity contribution < 1.29 is 9.53 Å². The van der Waals surface area contributed by atoms with Crippen LogP contribution in [-0.4, -0.2) is 49.1 Å². The van der Waals surface area contributed by atoms with Gasteiger partial charge in [0.25, 0.3) is 5.91 Å². The van der Waals surface area contributed by atoms with Gasteiger partial charge in [-0.15, -0.1) is 24.8 Å². The van der Waals surface area contributed by atoms with E-state index in [1.807, 2.05) is 42.3 Å². The Labute approximate surface area is 167 Å². The summed E-state index contributed by atoms with van der Waals surface area (Å²) < 4.78 is 5.18. The van der Waals surface area contributed by atoms with E-state index in [0.29, 0.717) is 11.6 Å². The van der Waals surface area contributed by atoms with E-state index in [9.17, 15) is 4.79 Å². The van der Waals surface area contributed by atoms with Crippen molar-refractivity contribution in [1.29, 1.82) is 0 Å². The molecule has 1 saturated heterocycles. The first kappa shape index (κ1) is 22.2. The predicted molar refractivity (Wildman–Crippen MR) is 109 cm³/mol. The minimum Gasteiger partial charge on any atom is -0.497 e. The molecule has 0 unspecified atom stereocenters. The number of nitrogens with one attached hydrogen (secondary N) is 1. The summed E-state index contributed by atoms with van der Waals surface area (Å²) in [4.78, 5) is 18.9. The predicted octanol–water partition coefficient (Wildman–Crippen LogP) is 3.42. The standard InChI is InChI=1S/C19H23N3O2.2ClH/c1-20-17-7-9-22(10-8-17)19(23)16-11-15(12-21-13-16)14-3-5-18(24-2)6-4-14;;/h3-6,11-13,17,20H,7-10H2,1-2H3;2*1H. The Kier molecular flexibility index (Phi) is 8.85. The lowest BCUT2D eigenvalue weighted by Crippen LogP contribution is -2.43. The maximum Gasteiger partial charge on any atom is 0.255 e. The number of benzene rings is 1. The number of aromatic nitrogens is 1. The average molecular weight is 398 g/mol. The first-order chi connectivity index (χ1) is 11.7. The van der Waals surface area contributed by atoms with Crippen LogP contribution in [0.4, 0.5) is 0 Å². The third-order valence-electron chi connectivity index (χ3n) is 4.60. The van der Waals surface area contributed by atoms with E-state index in [1.165, 1.54) is 0 Å². The molecule has 26 heavy (non-hydrogen) atoms. The van der Waals surface area contributed by atoms with Crippen molar-refractivity contribution in [3.63, 3.8) is 0 Å². The number of piperidine rings is 1. The molecular weight excluding hydrogens is 373 g/mol. The van der Waals surface area contributed by atoms with Crippen LogP contribution >= 0.6 is 24.8 Å². The Morgan fingerprint density at radius 2 is 1.77 bits per heavy atom. The topological polar surface area (TPSA) is 54.5 Å². The second-order valence-corrected chi connectivity index (χ2v) is 6.05. The third kappa shape index (κ3) is 5.10. The van der Waals surface area contributed by atoms with Crippen molar-refractivity contribution in [2.24, 2.45) is 0 Å². The zero-order valence-corrected chi connectivity index (χ0v) is 16.6. The number of carbonyl (C=O) groups excluding carboxylic acids is 1. The molecule has 1 aromatic carbocycles. The molecule has 1 N–H and O–H groups in total. The number of carbonyl (C=O) groups is 1. The number of hydrogen-bond donors (Lipinski definition) is 1. The van der Waals surface area contributed by atoms with Crippen LogP contribution in [0.25, 0.3) is 11.1 Å². The SMILES string of the molecule is CNC1CCN(C(=O)c2cncc(-c3ccc(OC)cc3)c2)CC1.Cl.Cl. The fourth-order valence-corrected chi connectivity index (χ4v) is 3.05. The molecule has 3 rings (SSSR count). The van der Waals surface area contributed by atoms with Crippen molar-refractivity contribution >= 4 is 30.7 Å². The minimum absolute atomic E-state index is 0. The van der Waals surface area contributed by atoms with Gasteiger partial charge in [0.15, 0.2) is 0 Å². The van der Waals surface area contributed by atoms with E-state index >= 15 is 0 Å². The molecule has 0 aliphatic carbocycles. The maximum atomic E-state index is 12.7. The summed E-state index contributed by atoms with van der Waals surface area (Å²) in [5.74, 6) is 0.874. The molecule has 0 saturated carbocycles. The quantitative estimate of drug-likeness (QED) is 0.858. The molecular formula is C19H25Cl2N3O2. The summed E-state index contributed by atoms with van der Waals surface area (Å²) >= 11 is 0. The van der Waals surface area contributed by atoms with Crippen LogP contribution < -0.4 is 10.1 Å². The number of halogens is 2. The third-order valence-corrected chi connectivity index (χ3v) is 4.60. The minimum atomic E-state index is 0. The normalized spacial score (nSPS) is 14.2. The van der Waals surface area contributed by atoms with Crippen LogP contribution in [0, 0.1) is 0 Å². The van der Waals surface area contributed by atoms with Crippen LogP contribution in [-0.2, 0) is 0 Å². The van der Waals surface area contributed by atoms with Crippen LogP contribution in [0.3, 0.4) is 0 Å². The van der Waals surface area contributed by atoms with Gasteiger partial charge in [0.1, 0.15) is 5.75 Å². The Balaban J connectivity index is 0.00000169. The first-order valence-electron chi connectivity index (χ1n) is 8.27. The highest BCUT2D eigenvalue weighted by Crippen LogP contribution is 2.23. The van der Waals surface area contributed by atoms with Gasteiger partial charge >= 0.3 is 0 Å². The molecule has 0 spiro atoms. The van der Waals surface area contributed by atoms with Crippen molar-refractivity contribution in [1.82, 2.24) is 15.2 Å². The molecule has 0 atom stereocenters. The smallest absolute Gasteiger partial charge is 0.255 e. The molecule has 7 heteroatoms. The van der Waals surface area contributed by atoms with E-state index in [1.54, 1.807) is 19.5 Å². The molecule has 1 fully saturated rings. The average Bonchev–Trinajstić information content (AvgIpc) is 2.67. The van der Waals surface area contributed by atoms with Gasteiger partial charge in [-0.3, -0.25) is 9.78 Å². The molecule has 1 aliphatic rings. The van der Waals surface area contributed by atoms with Crippen molar-refractivity contribution in [3.05, 3.63) is 48.3 Å². The summed E-state index contributed by atoms with van der Waals surface area (Å²) in [6, 6.07) is 10.2. The van der Waals surface area contributed by atoms with Gasteiger partial charge < -0.3 is 15.0 Å². The maximum absolute atomic E-state index is 12.7. The van der Waals surface area contributed by atoms with Crippen molar-refractivity contribution in [2.45, 2.75) is 18.9 Å². The number of likely N-dealkylation sites (tertiary alicyclic amines) is 1. The van der Waals surface area contributed by atoms with E-state index in [2.05, 4.69) is 10.3 Å². The van der Waals surface area contributed by atoms with Gasteiger partial charge in [-0.25, -0.2) is 0 Å². The molecule has 0 radical (unpaired) electrons. The fraction of sp³-hybridized carbons (Fsp3) is 0.368. The summed E-state index contributed by atoms with van der Waals surface area (Å²) in [5.41, 5.74) is 2.60. The van der Waals surface area contributed by atoms with Gasteiger partial charge in [-0.05, 0) is 43.7 Å². The number of pyridine rings is 1. The Hall–Kier alpha value is -1.82. The van der Waals surface area contributed by atoms with Gasteiger partial charge in [0.2, 0.25) is 0 Å². The monoisotopic (exact) mass is 397 g/mol. The summed E-state index contributed by atoms with van der Waals surface area (Å²) in [7, 11) is 3.62. The summed E-state index contributed by atoms with van der Waals surface area (Å²) in [6.07, 6.45) is 5.42. The second kappa shape index (κ2) is 10.4. The summed E-state index contributed by atoms with van der Waals surface area (Å²) in [6.45, 7) is 1.58. The number of methoxy groups -OCH3 is 1. The van der Waals surface area contributed by atoms with Crippen LogP contribution in [0.5, 0.6) is 5.75 Å². The van der Waals surface area contributed by atoms with Gasteiger partial charge in [-0.1, -0.05) is 12.1 Å². The van der Waals surface area contributed by atoms with E-state index in [-0.39, 0.29) is 30.7 Å². The largest absolute Gasteiger partial charge is 0.497 e. The van der Waals surface area contributed by atoms with Crippen LogP contribution in [0.1, 0.15) is 23.2 Å². The first-order valence-corrected chi connectivity index (χ1v) is 8.27. The molecule has 0 bridgehead atoms. The number of nitrogens with zero attached hydrogens (tertiary/aromatic N) is 2. The molecule has 2 heterocycles. The Bertz CT molecular complexity index is 702. The van der Waals surface area contributed by atoms with E-state index < -0.39 is 0 Å². The van der Waals surface area contributed by atoms with Crippen molar-refractivity contribution in [3.8, 4) is 16.9 Å². The fourth-order valence-electron chi connectivity index (χ4n) is 3.05. The Morgan fingerprint density at radius 3 is 2.35 bits per heavy atom. The molecule has 5 nitrogen and oxygen atoms in total. The lowest BCUT2D eigenvalue weighted by molar-refractivity contribution is 0.0707. The molecule has 1 aromatic heterocycles. The van der Waals surface area contributed by atoms with E-state index in [4.69, 9.17) is 4.74 Å². The molecule has 142 valence electrons. The van der Waals surface area contributed by atoms with Crippen LogP contribution in [0.15, 0.2) is 42.7 Å². The summed E-state index contributed by atoms with van der Waals surface area (Å²) in [5, 5.41) is 3.28. The van der Waals surface area contributed by atoms with Crippen molar-refractivity contribution in [2.75, 3.05) is 27.2 Å². The number of hydrogen-bond acceptors (Lipinski definition) is 4. The Morgan fingerprint density at radius 1 is 1.12 bits per heavy atom. The number of ether oxygens (including phenoxy) is 1. The highest BCUT2D eigenvalue weighted by Gasteiger charge is 2.23. The zero-order valence-electron chi connectivity index (χ0n) is 15.0. The number of rotatable bonds is 4. The highest BCUT2D eigenvalue weighted by atomic mass is 35.5. The molecule has 2 aromatic rings. The molecule has 1 aliphatic heterocycles. The lowest BCUT2D eigenvalue weighted by atomic mass is 10.0. The van der Waals surface area contributed by atoms with Gasteiger partial charge in [0, 0.05) is 37.1 Å². The van der Waals surface area contributed by atoms with Gasteiger partial charge in [0.05, 0.1) is 12.7 Å². The highest BCUT2D eigenvalue weighted by molar-refractivity contribution is 5.95. The molecule has 1 amide bonds. The van der Waals surface area contributed by atoms with Gasteiger partial charge in [-0.2, -0.15) is 0 Å². The van der Waals surface area contributed by atoms with E-state index in [0.717, 1.165) is 42.8 Å². The second-order valence-electron chi connectivity index (χ2n) is 6.05. The van der Waals surface area contributed by atoms with Crippen LogP contribution in [0.2, 0.25) is 0 Å². The lowest BCUT2D eigenvalue weighted by Gasteiger charge is -2.31.